The highest BCUT2D eigenvalue weighted by molar-refractivity contribution is 5.80. The van der Waals surface area contributed by atoms with E-state index in [-0.39, 0.29) is 17.4 Å². The summed E-state index contributed by atoms with van der Waals surface area (Å²) in [4.78, 5) is 32.5. The average Bonchev–Trinajstić information content (AvgIpc) is 2.91. The quantitative estimate of drug-likeness (QED) is 0.590. The molecule has 3 heterocycles. The van der Waals surface area contributed by atoms with Gasteiger partial charge in [-0.15, -0.1) is 0 Å². The zero-order valence-electron chi connectivity index (χ0n) is 19.4. The lowest BCUT2D eigenvalue weighted by Gasteiger charge is -2.40. The highest BCUT2D eigenvalue weighted by atomic mass is 16.2. The molecule has 3 aromatic rings. The van der Waals surface area contributed by atoms with E-state index in [2.05, 4.69) is 39.2 Å². The van der Waals surface area contributed by atoms with E-state index in [1.807, 2.05) is 41.3 Å². The first-order chi connectivity index (χ1) is 16.7. The van der Waals surface area contributed by atoms with Crippen LogP contribution in [0.4, 0.5) is 11.4 Å². The van der Waals surface area contributed by atoms with E-state index in [1.165, 1.54) is 10.4 Å². The Hall–Kier alpha value is -3.61. The number of benzene rings is 2. The number of para-hydroxylation sites is 1. The van der Waals surface area contributed by atoms with Gasteiger partial charge < -0.3 is 14.7 Å². The van der Waals surface area contributed by atoms with Gasteiger partial charge in [-0.05, 0) is 30.5 Å². The molecule has 1 aromatic heterocycles. The van der Waals surface area contributed by atoms with Gasteiger partial charge in [-0.25, -0.2) is 4.68 Å². The summed E-state index contributed by atoms with van der Waals surface area (Å²) in [5.74, 6) is 0.201. The SMILES string of the molecule is O=C([C@H]1CCCN(c2cnn(Cc3ccccc3)c(=O)c2)C1)N1CCN(c2ccccc2)CC1. The third-order valence-electron chi connectivity index (χ3n) is 6.88. The van der Waals surface area contributed by atoms with Crippen molar-refractivity contribution >= 4 is 17.3 Å². The Balaban J connectivity index is 1.20. The van der Waals surface area contributed by atoms with Crippen molar-refractivity contribution in [2.45, 2.75) is 19.4 Å². The smallest absolute Gasteiger partial charge is 0.269 e. The Bertz CT molecular complexity index is 1160. The fourth-order valence-corrected chi connectivity index (χ4v) is 4.97. The van der Waals surface area contributed by atoms with Gasteiger partial charge >= 0.3 is 0 Å². The number of amides is 1. The van der Waals surface area contributed by atoms with Gasteiger partial charge in [0.25, 0.3) is 5.56 Å². The van der Waals surface area contributed by atoms with Crippen LogP contribution < -0.4 is 15.4 Å². The maximum atomic E-state index is 13.3. The Kier molecular flexibility index (Phi) is 6.60. The highest BCUT2D eigenvalue weighted by Crippen LogP contribution is 2.24. The summed E-state index contributed by atoms with van der Waals surface area (Å²) in [5, 5.41) is 4.41. The van der Waals surface area contributed by atoms with Crippen LogP contribution in [0.25, 0.3) is 0 Å². The molecule has 5 rings (SSSR count). The predicted octanol–water partition coefficient (Wildman–Crippen LogP) is 2.86. The van der Waals surface area contributed by atoms with E-state index in [0.29, 0.717) is 13.1 Å². The lowest BCUT2D eigenvalue weighted by Crippen LogP contribution is -2.52. The maximum Gasteiger partial charge on any atom is 0.269 e. The van der Waals surface area contributed by atoms with Crippen molar-refractivity contribution in [2.75, 3.05) is 49.1 Å². The third kappa shape index (κ3) is 4.98. The van der Waals surface area contributed by atoms with E-state index < -0.39 is 0 Å². The van der Waals surface area contributed by atoms with Crippen LogP contribution in [0.15, 0.2) is 77.7 Å². The summed E-state index contributed by atoms with van der Waals surface area (Å²) in [6, 6.07) is 21.9. The minimum atomic E-state index is -0.119. The summed E-state index contributed by atoms with van der Waals surface area (Å²) in [6.07, 6.45) is 3.59. The third-order valence-corrected chi connectivity index (χ3v) is 6.88. The molecule has 0 aliphatic carbocycles. The Labute approximate surface area is 200 Å². The number of hydrogen-bond donors (Lipinski definition) is 0. The van der Waals surface area contributed by atoms with Crippen molar-refractivity contribution in [3.8, 4) is 0 Å². The fourth-order valence-electron chi connectivity index (χ4n) is 4.97. The van der Waals surface area contributed by atoms with Crippen LogP contribution in [-0.4, -0.2) is 59.9 Å². The standard InChI is InChI=1S/C27H31N5O2/c33-26-18-25(19-28-32(26)20-22-8-3-1-4-9-22)31-13-7-10-23(21-31)27(34)30-16-14-29(15-17-30)24-11-5-2-6-12-24/h1-6,8-9,11-12,18-19,23H,7,10,13-17,20-21H2/t23-/m0/s1. The molecule has 2 saturated heterocycles. The van der Waals surface area contributed by atoms with Crippen molar-refractivity contribution in [3.63, 3.8) is 0 Å². The molecular formula is C27H31N5O2. The second kappa shape index (κ2) is 10.1. The van der Waals surface area contributed by atoms with E-state index in [4.69, 9.17) is 0 Å². The largest absolute Gasteiger partial charge is 0.369 e. The Morgan fingerprint density at radius 1 is 0.853 bits per heavy atom. The normalized spacial score (nSPS) is 18.7. The number of hydrogen-bond acceptors (Lipinski definition) is 5. The number of anilines is 2. The van der Waals surface area contributed by atoms with Crippen LogP contribution >= 0.6 is 0 Å². The van der Waals surface area contributed by atoms with Gasteiger partial charge in [0.15, 0.2) is 0 Å². The van der Waals surface area contributed by atoms with Crippen LogP contribution in [0.5, 0.6) is 0 Å². The molecular weight excluding hydrogens is 426 g/mol. The first-order valence-electron chi connectivity index (χ1n) is 12.1. The number of piperazine rings is 1. The predicted molar refractivity (Wildman–Crippen MR) is 134 cm³/mol. The van der Waals surface area contributed by atoms with Gasteiger partial charge in [0.1, 0.15) is 0 Å². The zero-order valence-corrected chi connectivity index (χ0v) is 19.4. The van der Waals surface area contributed by atoms with E-state index in [9.17, 15) is 9.59 Å². The number of carbonyl (C=O) groups excluding carboxylic acids is 1. The molecule has 7 nitrogen and oxygen atoms in total. The zero-order chi connectivity index (χ0) is 23.3. The molecule has 7 heteroatoms. The topological polar surface area (TPSA) is 61.7 Å². The molecule has 2 aliphatic heterocycles. The van der Waals surface area contributed by atoms with E-state index >= 15 is 0 Å². The van der Waals surface area contributed by atoms with Gasteiger partial charge in [0.05, 0.1) is 24.3 Å². The van der Waals surface area contributed by atoms with E-state index in [0.717, 1.165) is 56.8 Å². The first kappa shape index (κ1) is 22.2. The van der Waals surface area contributed by atoms with Gasteiger partial charge in [0, 0.05) is 51.0 Å². The van der Waals surface area contributed by atoms with Crippen LogP contribution in [0.1, 0.15) is 18.4 Å². The molecule has 2 aromatic carbocycles. The Morgan fingerprint density at radius 3 is 2.26 bits per heavy atom. The lowest BCUT2D eigenvalue weighted by molar-refractivity contribution is -0.136. The van der Waals surface area contributed by atoms with Crippen molar-refractivity contribution in [3.05, 3.63) is 88.8 Å². The second-order valence-electron chi connectivity index (χ2n) is 9.13. The summed E-state index contributed by atoms with van der Waals surface area (Å²) < 4.78 is 1.48. The number of nitrogens with zero attached hydrogens (tertiary/aromatic N) is 5. The Morgan fingerprint density at radius 2 is 1.56 bits per heavy atom. The number of piperidine rings is 1. The maximum absolute atomic E-state index is 13.3. The van der Waals surface area contributed by atoms with Crippen LogP contribution in [0.3, 0.4) is 0 Å². The molecule has 0 saturated carbocycles. The van der Waals surface area contributed by atoms with Crippen molar-refractivity contribution in [1.82, 2.24) is 14.7 Å². The van der Waals surface area contributed by atoms with Crippen LogP contribution in [0, 0.1) is 5.92 Å². The van der Waals surface area contributed by atoms with Gasteiger partial charge in [-0.3, -0.25) is 9.59 Å². The van der Waals surface area contributed by atoms with Crippen molar-refractivity contribution in [2.24, 2.45) is 5.92 Å². The van der Waals surface area contributed by atoms with E-state index in [1.54, 1.807) is 12.3 Å². The number of aromatic nitrogens is 2. The van der Waals surface area contributed by atoms with Gasteiger partial charge in [-0.1, -0.05) is 48.5 Å². The summed E-state index contributed by atoms with van der Waals surface area (Å²) in [5.41, 5.74) is 2.95. The molecule has 176 valence electrons. The lowest BCUT2D eigenvalue weighted by atomic mass is 9.96. The molecule has 1 atom stereocenters. The molecule has 0 spiro atoms. The van der Waals surface area contributed by atoms with Crippen molar-refractivity contribution in [1.29, 1.82) is 0 Å². The fraction of sp³-hybridized carbons (Fsp3) is 0.370. The molecule has 1 amide bonds. The van der Waals surface area contributed by atoms with Crippen LogP contribution in [-0.2, 0) is 11.3 Å². The summed E-state index contributed by atoms with van der Waals surface area (Å²) in [7, 11) is 0. The summed E-state index contributed by atoms with van der Waals surface area (Å²) in [6.45, 7) is 5.15. The number of carbonyl (C=O) groups is 1. The van der Waals surface area contributed by atoms with Crippen LogP contribution in [0.2, 0.25) is 0 Å². The molecule has 2 fully saturated rings. The van der Waals surface area contributed by atoms with Gasteiger partial charge in [0.2, 0.25) is 5.91 Å². The molecule has 0 radical (unpaired) electrons. The molecule has 34 heavy (non-hydrogen) atoms. The number of rotatable bonds is 5. The van der Waals surface area contributed by atoms with Gasteiger partial charge in [-0.2, -0.15) is 5.10 Å². The summed E-state index contributed by atoms with van der Waals surface area (Å²) >= 11 is 0. The molecule has 0 bridgehead atoms. The first-order valence-corrected chi connectivity index (χ1v) is 12.1. The molecule has 0 unspecified atom stereocenters. The highest BCUT2D eigenvalue weighted by Gasteiger charge is 2.31. The molecule has 0 N–H and O–H groups in total. The monoisotopic (exact) mass is 457 g/mol. The second-order valence-corrected chi connectivity index (χ2v) is 9.13. The molecule has 2 aliphatic rings. The van der Waals surface area contributed by atoms with Crippen molar-refractivity contribution < 1.29 is 4.79 Å². The minimum absolute atomic E-state index is 0.0382. The average molecular weight is 458 g/mol. The minimum Gasteiger partial charge on any atom is -0.369 e.